The molecule has 0 unspecified atom stereocenters. The Kier molecular flexibility index (Phi) is 5.06. The van der Waals surface area contributed by atoms with Crippen molar-refractivity contribution in [3.63, 3.8) is 0 Å². The normalized spacial score (nSPS) is 11.2. The highest BCUT2D eigenvalue weighted by Gasteiger charge is 2.37. The summed E-state index contributed by atoms with van der Waals surface area (Å²) in [4.78, 5) is 9.67. The largest absolute Gasteiger partial charge is 0.438 e. The van der Waals surface area contributed by atoms with Crippen LogP contribution in [0.25, 0.3) is 0 Å². The van der Waals surface area contributed by atoms with Crippen molar-refractivity contribution in [1.82, 2.24) is 9.97 Å². The summed E-state index contributed by atoms with van der Waals surface area (Å²) in [5, 5.41) is 0. The third-order valence-electron chi connectivity index (χ3n) is 3.63. The molecule has 3 aromatic rings. The average Bonchev–Trinajstić information content (AvgIpc) is 2.63. The van der Waals surface area contributed by atoms with E-state index in [-0.39, 0.29) is 11.7 Å². The van der Waals surface area contributed by atoms with Gasteiger partial charge in [0.05, 0.1) is 0 Å². The first-order valence-electron chi connectivity index (χ1n) is 7.98. The van der Waals surface area contributed by atoms with E-state index < -0.39 is 17.6 Å². The molecule has 26 heavy (non-hydrogen) atoms. The van der Waals surface area contributed by atoms with Gasteiger partial charge in [0.2, 0.25) is 11.8 Å². The molecule has 0 amide bonds. The number of benzene rings is 2. The molecule has 0 atom stereocenters. The fourth-order valence-electron chi connectivity index (χ4n) is 2.41. The fourth-order valence-corrected chi connectivity index (χ4v) is 2.41. The molecule has 134 valence electrons. The average molecular weight is 359 g/mol. The minimum atomic E-state index is -4.62. The van der Waals surface area contributed by atoms with E-state index in [1.165, 1.54) is 0 Å². The number of anilines is 2. The molecule has 0 spiro atoms. The number of rotatable bonds is 5. The van der Waals surface area contributed by atoms with E-state index in [0.717, 1.165) is 11.9 Å². The van der Waals surface area contributed by atoms with Crippen LogP contribution in [0.3, 0.4) is 0 Å². The van der Waals surface area contributed by atoms with Gasteiger partial charge >= 0.3 is 6.18 Å². The first kappa shape index (κ1) is 17.7. The molecule has 0 saturated carbocycles. The van der Waals surface area contributed by atoms with Gasteiger partial charge in [-0.3, -0.25) is 0 Å². The van der Waals surface area contributed by atoms with Crippen molar-refractivity contribution in [1.29, 1.82) is 0 Å². The van der Waals surface area contributed by atoms with Crippen molar-refractivity contribution in [3.05, 3.63) is 72.4 Å². The zero-order valence-electron chi connectivity index (χ0n) is 13.9. The van der Waals surface area contributed by atoms with Gasteiger partial charge in [0, 0.05) is 18.4 Å². The van der Waals surface area contributed by atoms with Crippen LogP contribution in [0.15, 0.2) is 66.9 Å². The summed E-state index contributed by atoms with van der Waals surface area (Å²) in [6.07, 6.45) is -3.86. The third kappa shape index (κ3) is 3.93. The highest BCUT2D eigenvalue weighted by molar-refractivity contribution is 5.57. The van der Waals surface area contributed by atoms with Gasteiger partial charge in [-0.2, -0.15) is 18.2 Å². The molecule has 3 rings (SSSR count). The highest BCUT2D eigenvalue weighted by atomic mass is 19.4. The maximum absolute atomic E-state index is 13.3. The molecule has 1 heterocycles. The smallest absolute Gasteiger partial charge is 0.423 e. The number of para-hydroxylation sites is 2. The molecule has 0 saturated heterocycles. The molecule has 2 aromatic carbocycles. The standard InChI is InChI=1S/C19H16F3N3O/c1-2-25(14-9-5-3-6-10-14)18-23-13-16(19(20,21)22)17(24-18)26-15-11-7-4-8-12-15/h3-13H,2H2,1H3. The summed E-state index contributed by atoms with van der Waals surface area (Å²) < 4.78 is 45.4. The molecule has 0 N–H and O–H groups in total. The molecule has 0 bridgehead atoms. The zero-order chi connectivity index (χ0) is 18.6. The van der Waals surface area contributed by atoms with Crippen molar-refractivity contribution in [2.24, 2.45) is 0 Å². The molecule has 0 aliphatic rings. The lowest BCUT2D eigenvalue weighted by Gasteiger charge is -2.22. The second-order valence-electron chi connectivity index (χ2n) is 5.38. The molecule has 0 fully saturated rings. The Morgan fingerprint density at radius 1 is 0.962 bits per heavy atom. The highest BCUT2D eigenvalue weighted by Crippen LogP contribution is 2.37. The van der Waals surface area contributed by atoms with E-state index in [1.807, 2.05) is 37.3 Å². The second-order valence-corrected chi connectivity index (χ2v) is 5.38. The predicted molar refractivity (Wildman–Crippen MR) is 92.7 cm³/mol. The van der Waals surface area contributed by atoms with E-state index in [1.54, 1.807) is 35.2 Å². The lowest BCUT2D eigenvalue weighted by atomic mass is 10.3. The van der Waals surface area contributed by atoms with Crippen molar-refractivity contribution in [3.8, 4) is 11.6 Å². The minimum absolute atomic E-state index is 0.137. The van der Waals surface area contributed by atoms with Crippen molar-refractivity contribution in [2.75, 3.05) is 11.4 Å². The molecule has 7 heteroatoms. The van der Waals surface area contributed by atoms with E-state index >= 15 is 0 Å². The van der Waals surface area contributed by atoms with Gasteiger partial charge < -0.3 is 9.64 Å². The quantitative estimate of drug-likeness (QED) is 0.607. The summed E-state index contributed by atoms with van der Waals surface area (Å²) >= 11 is 0. The maximum Gasteiger partial charge on any atom is 0.423 e. The van der Waals surface area contributed by atoms with Gasteiger partial charge in [0.1, 0.15) is 11.3 Å². The first-order valence-corrected chi connectivity index (χ1v) is 7.98. The SMILES string of the molecule is CCN(c1ccccc1)c1ncc(C(F)(F)F)c(Oc2ccccc2)n1. The van der Waals surface area contributed by atoms with Gasteiger partial charge in [-0.25, -0.2) is 4.98 Å². The van der Waals surface area contributed by atoms with Crippen molar-refractivity contribution < 1.29 is 17.9 Å². The van der Waals surface area contributed by atoms with Gasteiger partial charge in [-0.1, -0.05) is 36.4 Å². The van der Waals surface area contributed by atoms with Gasteiger partial charge in [-0.15, -0.1) is 0 Å². The molecular weight excluding hydrogens is 343 g/mol. The summed E-state index contributed by atoms with van der Waals surface area (Å²) in [6, 6.07) is 17.4. The molecular formula is C19H16F3N3O. The Balaban J connectivity index is 2.04. The number of hydrogen-bond acceptors (Lipinski definition) is 4. The predicted octanol–water partition coefficient (Wildman–Crippen LogP) is 5.45. The van der Waals surface area contributed by atoms with Crippen LogP contribution in [-0.2, 0) is 6.18 Å². The Bertz CT molecular complexity index is 855. The van der Waals surface area contributed by atoms with Crippen LogP contribution in [0.4, 0.5) is 24.8 Å². The molecule has 4 nitrogen and oxygen atoms in total. The summed E-state index contributed by atoms with van der Waals surface area (Å²) in [5.41, 5.74) is -0.241. The van der Waals surface area contributed by atoms with E-state index in [2.05, 4.69) is 9.97 Å². The van der Waals surface area contributed by atoms with Gasteiger partial charge in [0.15, 0.2) is 0 Å². The first-order chi connectivity index (χ1) is 12.5. The van der Waals surface area contributed by atoms with E-state index in [0.29, 0.717) is 6.54 Å². The molecule has 0 radical (unpaired) electrons. The lowest BCUT2D eigenvalue weighted by Crippen LogP contribution is -2.20. The van der Waals surface area contributed by atoms with Crippen LogP contribution in [0.1, 0.15) is 12.5 Å². The monoisotopic (exact) mass is 359 g/mol. The summed E-state index contributed by atoms with van der Waals surface area (Å²) in [5.74, 6) is -0.119. The number of aromatic nitrogens is 2. The summed E-state index contributed by atoms with van der Waals surface area (Å²) in [7, 11) is 0. The molecule has 1 aromatic heterocycles. The van der Waals surface area contributed by atoms with Crippen LogP contribution in [0.5, 0.6) is 11.6 Å². The number of alkyl halides is 3. The third-order valence-corrected chi connectivity index (χ3v) is 3.63. The number of halogens is 3. The lowest BCUT2D eigenvalue weighted by molar-refractivity contribution is -0.139. The van der Waals surface area contributed by atoms with Crippen LogP contribution in [0, 0.1) is 0 Å². The zero-order valence-corrected chi connectivity index (χ0v) is 13.9. The number of ether oxygens (including phenoxy) is 1. The Hall–Kier alpha value is -3.09. The van der Waals surface area contributed by atoms with Crippen LogP contribution < -0.4 is 9.64 Å². The van der Waals surface area contributed by atoms with Crippen LogP contribution >= 0.6 is 0 Å². The maximum atomic E-state index is 13.3. The van der Waals surface area contributed by atoms with Crippen molar-refractivity contribution in [2.45, 2.75) is 13.1 Å². The number of hydrogen-bond donors (Lipinski definition) is 0. The topological polar surface area (TPSA) is 38.2 Å². The van der Waals surface area contributed by atoms with Crippen molar-refractivity contribution >= 4 is 11.6 Å². The Morgan fingerprint density at radius 2 is 1.58 bits per heavy atom. The molecule has 0 aliphatic carbocycles. The van der Waals surface area contributed by atoms with Crippen LogP contribution in [-0.4, -0.2) is 16.5 Å². The summed E-state index contributed by atoms with van der Waals surface area (Å²) in [6.45, 7) is 2.35. The fraction of sp³-hybridized carbons (Fsp3) is 0.158. The Morgan fingerprint density at radius 3 is 2.15 bits per heavy atom. The molecule has 0 aliphatic heterocycles. The number of nitrogens with zero attached hydrogens (tertiary/aromatic N) is 3. The van der Waals surface area contributed by atoms with E-state index in [9.17, 15) is 13.2 Å². The van der Waals surface area contributed by atoms with Crippen LogP contribution in [0.2, 0.25) is 0 Å². The van der Waals surface area contributed by atoms with E-state index in [4.69, 9.17) is 4.74 Å². The Labute approximate surface area is 148 Å². The van der Waals surface area contributed by atoms with Gasteiger partial charge in [0.25, 0.3) is 0 Å². The second kappa shape index (κ2) is 7.43. The minimum Gasteiger partial charge on any atom is -0.438 e. The van der Waals surface area contributed by atoms with Gasteiger partial charge in [-0.05, 0) is 31.2 Å².